The lowest BCUT2D eigenvalue weighted by Crippen LogP contribution is -2.38. The molecule has 7 heteroatoms. The van der Waals surface area contributed by atoms with E-state index >= 15 is 0 Å². The normalized spacial score (nSPS) is 11.3. The Morgan fingerprint density at radius 2 is 1.96 bits per heavy atom. The molecule has 2 rings (SSSR count). The highest BCUT2D eigenvalue weighted by atomic mass is 32.1. The van der Waals surface area contributed by atoms with Gasteiger partial charge in [-0.05, 0) is 40.6 Å². The summed E-state index contributed by atoms with van der Waals surface area (Å²) in [5.41, 5.74) is 1.70. The lowest BCUT2D eigenvalue weighted by Gasteiger charge is -2.24. The smallest absolute Gasteiger partial charge is 0.378 e. The molecule has 0 unspecified atom stereocenters. The van der Waals surface area contributed by atoms with Gasteiger partial charge in [0.1, 0.15) is 6.54 Å². The van der Waals surface area contributed by atoms with Crippen LogP contribution in [0.1, 0.15) is 15.9 Å². The van der Waals surface area contributed by atoms with Crippen molar-refractivity contribution in [2.24, 2.45) is 0 Å². The van der Waals surface area contributed by atoms with Gasteiger partial charge in [0, 0.05) is 31.9 Å². The van der Waals surface area contributed by atoms with Gasteiger partial charge in [0.15, 0.2) is 0 Å². The van der Waals surface area contributed by atoms with Crippen LogP contribution in [0.15, 0.2) is 41.1 Å². The van der Waals surface area contributed by atoms with Gasteiger partial charge in [-0.1, -0.05) is 6.07 Å². The summed E-state index contributed by atoms with van der Waals surface area (Å²) in [7, 11) is 3.62. The van der Waals surface area contributed by atoms with Crippen LogP contribution in [0, 0.1) is 0 Å². The van der Waals surface area contributed by atoms with Gasteiger partial charge in [-0.25, -0.2) is 0 Å². The number of carbonyl (C=O) groups is 1. The van der Waals surface area contributed by atoms with E-state index in [1.54, 1.807) is 39.9 Å². The molecule has 0 spiro atoms. The van der Waals surface area contributed by atoms with Crippen molar-refractivity contribution < 1.29 is 18.0 Å². The summed E-state index contributed by atoms with van der Waals surface area (Å²) in [6, 6.07) is 8.31. The maximum Gasteiger partial charge on any atom is 0.406 e. The van der Waals surface area contributed by atoms with Gasteiger partial charge >= 0.3 is 6.18 Å². The number of halogens is 3. The summed E-state index contributed by atoms with van der Waals surface area (Å²) in [6.07, 6.45) is -4.44. The van der Waals surface area contributed by atoms with Gasteiger partial charge in [0.25, 0.3) is 5.91 Å². The second-order valence-electron chi connectivity index (χ2n) is 5.35. The number of hydrogen-bond donors (Lipinski definition) is 0. The molecule has 0 atom stereocenters. The van der Waals surface area contributed by atoms with E-state index in [1.165, 1.54) is 17.4 Å². The number of anilines is 1. The molecule has 0 saturated carbocycles. The van der Waals surface area contributed by atoms with Crippen LogP contribution < -0.4 is 4.90 Å². The predicted octanol–water partition coefficient (Wildman–Crippen LogP) is 4.02. The Hall–Kier alpha value is -2.02. The molecule has 0 fully saturated rings. The molecule has 0 aliphatic carbocycles. The van der Waals surface area contributed by atoms with Crippen LogP contribution in [0.4, 0.5) is 18.9 Å². The predicted molar refractivity (Wildman–Crippen MR) is 85.9 cm³/mol. The fraction of sp³-hybridized carbons (Fsp3) is 0.312. The first-order chi connectivity index (χ1) is 10.8. The molecule has 23 heavy (non-hydrogen) atoms. The van der Waals surface area contributed by atoms with E-state index in [0.29, 0.717) is 5.56 Å². The van der Waals surface area contributed by atoms with E-state index < -0.39 is 18.6 Å². The third-order valence-corrected chi connectivity index (χ3v) is 3.95. The van der Waals surface area contributed by atoms with E-state index in [9.17, 15) is 18.0 Å². The fourth-order valence-electron chi connectivity index (χ4n) is 2.12. The maximum absolute atomic E-state index is 12.8. The van der Waals surface area contributed by atoms with Crippen molar-refractivity contribution >= 4 is 22.9 Å². The second-order valence-corrected chi connectivity index (χ2v) is 6.13. The molecule has 1 aromatic heterocycles. The SMILES string of the molecule is CN(C)c1cccc(C(=O)N(Cc2ccsc2)CC(F)(F)F)c1. The highest BCUT2D eigenvalue weighted by molar-refractivity contribution is 7.07. The summed E-state index contributed by atoms with van der Waals surface area (Å²) in [6.45, 7) is -1.33. The van der Waals surface area contributed by atoms with Gasteiger partial charge in [0.2, 0.25) is 0 Å². The summed E-state index contributed by atoms with van der Waals surface area (Å²) in [4.78, 5) is 15.2. The number of hydrogen-bond acceptors (Lipinski definition) is 3. The Kier molecular flexibility index (Phi) is 5.30. The van der Waals surface area contributed by atoms with E-state index in [0.717, 1.165) is 10.6 Å². The maximum atomic E-state index is 12.8. The molecule has 0 saturated heterocycles. The quantitative estimate of drug-likeness (QED) is 0.819. The van der Waals surface area contributed by atoms with Crippen LogP contribution in [0.5, 0.6) is 0 Å². The number of thiophene rings is 1. The van der Waals surface area contributed by atoms with E-state index in [1.807, 2.05) is 14.1 Å². The first-order valence-electron chi connectivity index (χ1n) is 6.91. The molecular formula is C16H17F3N2OS. The van der Waals surface area contributed by atoms with Crippen LogP contribution >= 0.6 is 11.3 Å². The molecule has 0 radical (unpaired) electrons. The van der Waals surface area contributed by atoms with E-state index in [4.69, 9.17) is 0 Å². The summed E-state index contributed by atoms with van der Waals surface area (Å²) >= 11 is 1.39. The van der Waals surface area contributed by atoms with Crippen molar-refractivity contribution in [3.05, 3.63) is 52.2 Å². The standard InChI is InChI=1S/C16H17F3N2OS/c1-20(2)14-5-3-4-13(8-14)15(22)21(11-16(17,18)19)9-12-6-7-23-10-12/h3-8,10H,9,11H2,1-2H3. The minimum atomic E-state index is -4.44. The summed E-state index contributed by atoms with van der Waals surface area (Å²) in [5.74, 6) is -0.628. The van der Waals surface area contributed by atoms with Crippen LogP contribution in [-0.2, 0) is 6.54 Å². The Labute approximate surface area is 136 Å². The Balaban J connectivity index is 2.26. The zero-order chi connectivity index (χ0) is 17.0. The molecule has 0 N–H and O–H groups in total. The molecule has 3 nitrogen and oxygen atoms in total. The highest BCUT2D eigenvalue weighted by Crippen LogP contribution is 2.22. The van der Waals surface area contributed by atoms with Crippen LogP contribution in [0.3, 0.4) is 0 Å². The number of benzene rings is 1. The van der Waals surface area contributed by atoms with Crippen LogP contribution in [0.2, 0.25) is 0 Å². The molecule has 1 aromatic carbocycles. The van der Waals surface area contributed by atoms with Gasteiger partial charge in [0.05, 0.1) is 0 Å². The fourth-order valence-corrected chi connectivity index (χ4v) is 2.78. The third-order valence-electron chi connectivity index (χ3n) is 3.22. The highest BCUT2D eigenvalue weighted by Gasteiger charge is 2.33. The van der Waals surface area contributed by atoms with E-state index in [2.05, 4.69) is 0 Å². The van der Waals surface area contributed by atoms with Crippen molar-refractivity contribution in [2.75, 3.05) is 25.5 Å². The summed E-state index contributed by atoms with van der Waals surface area (Å²) in [5, 5.41) is 3.52. The lowest BCUT2D eigenvalue weighted by molar-refractivity contribution is -0.141. The molecule has 0 bridgehead atoms. The third kappa shape index (κ3) is 4.99. The number of rotatable bonds is 5. The molecular weight excluding hydrogens is 325 g/mol. The lowest BCUT2D eigenvalue weighted by atomic mass is 10.1. The molecule has 124 valence electrons. The van der Waals surface area contributed by atoms with Crippen LogP contribution in [0.25, 0.3) is 0 Å². The summed E-state index contributed by atoms with van der Waals surface area (Å²) < 4.78 is 38.5. The molecule has 0 aliphatic heterocycles. The number of nitrogens with zero attached hydrogens (tertiary/aromatic N) is 2. The molecule has 1 heterocycles. The Morgan fingerprint density at radius 3 is 2.52 bits per heavy atom. The second kappa shape index (κ2) is 7.04. The average molecular weight is 342 g/mol. The number of alkyl halides is 3. The zero-order valence-corrected chi connectivity index (χ0v) is 13.6. The minimum absolute atomic E-state index is 0.0615. The van der Waals surface area contributed by atoms with Gasteiger partial charge in [-0.3, -0.25) is 4.79 Å². The van der Waals surface area contributed by atoms with Gasteiger partial charge < -0.3 is 9.80 Å². The molecule has 0 aliphatic rings. The van der Waals surface area contributed by atoms with Crippen molar-refractivity contribution in [3.8, 4) is 0 Å². The Morgan fingerprint density at radius 1 is 1.22 bits per heavy atom. The Bertz CT molecular complexity index is 654. The number of carbonyl (C=O) groups excluding carboxylic acids is 1. The van der Waals surface area contributed by atoms with Crippen molar-refractivity contribution in [2.45, 2.75) is 12.7 Å². The monoisotopic (exact) mass is 342 g/mol. The average Bonchev–Trinajstić information content (AvgIpc) is 2.97. The first kappa shape index (κ1) is 17.3. The van der Waals surface area contributed by atoms with Crippen molar-refractivity contribution in [3.63, 3.8) is 0 Å². The number of amides is 1. The largest absolute Gasteiger partial charge is 0.406 e. The van der Waals surface area contributed by atoms with Crippen molar-refractivity contribution in [1.29, 1.82) is 0 Å². The first-order valence-corrected chi connectivity index (χ1v) is 7.85. The zero-order valence-electron chi connectivity index (χ0n) is 12.8. The molecule has 2 aromatic rings. The molecule has 1 amide bonds. The topological polar surface area (TPSA) is 23.6 Å². The van der Waals surface area contributed by atoms with Gasteiger partial charge in [-0.2, -0.15) is 24.5 Å². The minimum Gasteiger partial charge on any atom is -0.378 e. The van der Waals surface area contributed by atoms with Crippen LogP contribution in [-0.4, -0.2) is 37.6 Å². The van der Waals surface area contributed by atoms with Gasteiger partial charge in [-0.15, -0.1) is 0 Å². The van der Waals surface area contributed by atoms with Crippen molar-refractivity contribution in [1.82, 2.24) is 4.90 Å². The van der Waals surface area contributed by atoms with E-state index in [-0.39, 0.29) is 12.1 Å².